The van der Waals surface area contributed by atoms with Gasteiger partial charge in [-0.25, -0.2) is 0 Å². The van der Waals surface area contributed by atoms with Gasteiger partial charge in [-0.2, -0.15) is 0 Å². The molecule has 0 aliphatic carbocycles. The van der Waals surface area contributed by atoms with Crippen molar-refractivity contribution in [1.29, 1.82) is 0 Å². The molecule has 2 heteroatoms. The van der Waals surface area contributed by atoms with E-state index in [1.165, 1.54) is 16.1 Å². The molecule has 0 bridgehead atoms. The molecule has 0 unspecified atom stereocenters. The zero-order valence-corrected chi connectivity index (χ0v) is 12.5. The summed E-state index contributed by atoms with van der Waals surface area (Å²) in [5.41, 5.74) is 3.86. The van der Waals surface area contributed by atoms with Gasteiger partial charge in [0.05, 0.1) is 0 Å². The summed E-state index contributed by atoms with van der Waals surface area (Å²) in [5.74, 6) is 0. The summed E-state index contributed by atoms with van der Waals surface area (Å²) >= 11 is -1.53. The molecule has 15 heavy (non-hydrogen) atoms. The molecule has 0 aliphatic rings. The molecule has 0 heterocycles. The third-order valence-corrected chi connectivity index (χ3v) is 12.4. The fourth-order valence-corrected chi connectivity index (χ4v) is 6.03. The van der Waals surface area contributed by atoms with Gasteiger partial charge in [-0.15, -0.1) is 0 Å². The van der Waals surface area contributed by atoms with Crippen molar-refractivity contribution in [1.82, 2.24) is 0 Å². The molecule has 84 valence electrons. The van der Waals surface area contributed by atoms with E-state index in [4.69, 9.17) is 0 Å². The Kier molecular flexibility index (Phi) is 4.28. The fraction of sp³-hybridized carbons (Fsp3) is 0.538. The van der Waals surface area contributed by atoms with E-state index >= 15 is 0 Å². The Morgan fingerprint density at radius 2 is 1.73 bits per heavy atom. The van der Waals surface area contributed by atoms with Crippen molar-refractivity contribution in [3.63, 3.8) is 0 Å². The topological polar surface area (TPSA) is 3.24 Å². The monoisotopic (exact) mass is 268 g/mol. The van der Waals surface area contributed by atoms with Gasteiger partial charge in [-0.05, 0) is 0 Å². The first-order valence-corrected chi connectivity index (χ1v) is 11.1. The first-order chi connectivity index (χ1) is 7.03. The number of hydrogen-bond donors (Lipinski definition) is 0. The van der Waals surface area contributed by atoms with Crippen LogP contribution >= 0.6 is 0 Å². The molecule has 0 spiro atoms. The fourth-order valence-electron chi connectivity index (χ4n) is 1.70. The zero-order valence-electron chi connectivity index (χ0n) is 10.6. The van der Waals surface area contributed by atoms with Crippen molar-refractivity contribution in [2.75, 3.05) is 19.0 Å². The third kappa shape index (κ3) is 2.78. The van der Waals surface area contributed by atoms with Gasteiger partial charge in [0, 0.05) is 0 Å². The predicted octanol–water partition coefficient (Wildman–Crippen LogP) is 3.08. The van der Waals surface area contributed by atoms with Crippen molar-refractivity contribution in [2.45, 2.75) is 30.0 Å². The zero-order chi connectivity index (χ0) is 11.5. The molecule has 1 nitrogen and oxygen atoms in total. The Balaban J connectivity index is 3.09. The summed E-state index contributed by atoms with van der Waals surface area (Å²) < 4.78 is 1.63. The van der Waals surface area contributed by atoms with Gasteiger partial charge in [0.2, 0.25) is 0 Å². The molecule has 0 atom stereocenters. The second kappa shape index (κ2) is 5.07. The van der Waals surface area contributed by atoms with Crippen LogP contribution in [0.15, 0.2) is 24.3 Å². The van der Waals surface area contributed by atoms with Crippen molar-refractivity contribution in [2.24, 2.45) is 0 Å². The molecule has 1 rings (SSSR count). The maximum atomic E-state index is 2.52. The van der Waals surface area contributed by atoms with Crippen LogP contribution in [-0.2, 0) is 0 Å². The second-order valence-corrected chi connectivity index (χ2v) is 14.0. The molecule has 0 saturated carbocycles. The van der Waals surface area contributed by atoms with Crippen molar-refractivity contribution < 1.29 is 0 Å². The molecule has 0 fully saturated rings. The van der Waals surface area contributed by atoms with Gasteiger partial charge in [0.15, 0.2) is 0 Å². The van der Waals surface area contributed by atoms with Gasteiger partial charge in [0.1, 0.15) is 0 Å². The number of nitrogens with zero attached hydrogens (tertiary/aromatic N) is 1. The second-order valence-electron chi connectivity index (χ2n) is 4.44. The SMILES string of the molecule is CC[As+](C)(CC)c1cccc(N(C)C)c1. The standard InChI is InChI=1S/C13H23AsN/c1-6-14(3,7-2)12-9-8-10-13(11-12)15(4)5/h8-11H,6-7H2,1-5H3/q+1. The molecule has 0 saturated heterocycles. The van der Waals surface area contributed by atoms with Crippen molar-refractivity contribution >= 4 is 23.6 Å². The quantitative estimate of drug-likeness (QED) is 0.758. The Morgan fingerprint density at radius 1 is 1.13 bits per heavy atom. The molecule has 0 amide bonds. The van der Waals surface area contributed by atoms with Crippen LogP contribution in [0.5, 0.6) is 0 Å². The van der Waals surface area contributed by atoms with Crippen LogP contribution in [-0.4, -0.2) is 27.6 Å². The maximum absolute atomic E-state index is 2.52. The number of anilines is 1. The summed E-state index contributed by atoms with van der Waals surface area (Å²) in [6.45, 7) is 4.69. The van der Waals surface area contributed by atoms with E-state index < -0.39 is 13.6 Å². The molecule has 1 aromatic rings. The minimum atomic E-state index is -1.53. The van der Waals surface area contributed by atoms with E-state index in [0.717, 1.165) is 0 Å². The number of hydrogen-bond acceptors (Lipinski definition) is 1. The van der Waals surface area contributed by atoms with Gasteiger partial charge in [-0.3, -0.25) is 0 Å². The van der Waals surface area contributed by atoms with Crippen LogP contribution in [0.1, 0.15) is 13.8 Å². The third-order valence-electron chi connectivity index (χ3n) is 3.37. The molecule has 0 aromatic heterocycles. The van der Waals surface area contributed by atoms with Gasteiger partial charge < -0.3 is 0 Å². The Labute approximate surface area is 96.9 Å². The first kappa shape index (κ1) is 12.6. The molecule has 0 radical (unpaired) electrons. The van der Waals surface area contributed by atoms with Crippen LogP contribution in [0, 0.1) is 0 Å². The van der Waals surface area contributed by atoms with E-state index in [1.807, 2.05) is 0 Å². The Hall–Kier alpha value is -0.422. The van der Waals surface area contributed by atoms with Crippen LogP contribution in [0.25, 0.3) is 0 Å². The molecule has 0 N–H and O–H groups in total. The van der Waals surface area contributed by atoms with Crippen LogP contribution in [0.3, 0.4) is 0 Å². The average Bonchev–Trinajstić information content (AvgIpc) is 2.28. The molecular formula is C13H23AsN+. The molecule has 1 aromatic carbocycles. The van der Waals surface area contributed by atoms with Crippen LogP contribution in [0.2, 0.25) is 16.1 Å². The van der Waals surface area contributed by atoms with Gasteiger partial charge in [0.25, 0.3) is 0 Å². The normalized spacial score (nSPS) is 11.5. The van der Waals surface area contributed by atoms with E-state index in [0.29, 0.717) is 0 Å². The van der Waals surface area contributed by atoms with E-state index in [9.17, 15) is 0 Å². The van der Waals surface area contributed by atoms with Gasteiger partial charge in [-0.1, -0.05) is 0 Å². The molecule has 0 aliphatic heterocycles. The van der Waals surface area contributed by atoms with E-state index in [1.54, 1.807) is 4.35 Å². The summed E-state index contributed by atoms with van der Waals surface area (Å²) in [4.78, 5) is 2.19. The average molecular weight is 268 g/mol. The van der Waals surface area contributed by atoms with Crippen molar-refractivity contribution in [3.8, 4) is 0 Å². The summed E-state index contributed by atoms with van der Waals surface area (Å²) in [6, 6.07) is 9.11. The Morgan fingerprint density at radius 3 is 2.20 bits per heavy atom. The summed E-state index contributed by atoms with van der Waals surface area (Å²) in [7, 11) is 4.22. The summed E-state index contributed by atoms with van der Waals surface area (Å²) in [6.07, 6.45) is 0. The van der Waals surface area contributed by atoms with Crippen LogP contribution in [0.4, 0.5) is 5.69 Å². The van der Waals surface area contributed by atoms with Crippen LogP contribution < -0.4 is 9.25 Å². The van der Waals surface area contributed by atoms with Gasteiger partial charge >= 0.3 is 96.8 Å². The number of benzene rings is 1. The first-order valence-electron chi connectivity index (χ1n) is 5.66. The predicted molar refractivity (Wildman–Crippen MR) is 73.0 cm³/mol. The van der Waals surface area contributed by atoms with E-state index in [2.05, 4.69) is 62.8 Å². The molecular weight excluding hydrogens is 245 g/mol. The summed E-state index contributed by atoms with van der Waals surface area (Å²) in [5, 5.41) is 2.73. The minimum absolute atomic E-state index is 1.34. The van der Waals surface area contributed by atoms with E-state index in [-0.39, 0.29) is 0 Å². The van der Waals surface area contributed by atoms with Crippen molar-refractivity contribution in [3.05, 3.63) is 24.3 Å². The Bertz CT molecular complexity index is 316. The number of rotatable bonds is 4.